The predicted molar refractivity (Wildman–Crippen MR) is 148 cm³/mol. The van der Waals surface area contributed by atoms with Crippen LogP contribution in [-0.2, 0) is 17.8 Å². The minimum atomic E-state index is -0.231. The minimum absolute atomic E-state index is 0.135. The summed E-state index contributed by atoms with van der Waals surface area (Å²) >= 11 is 3.45. The Labute approximate surface area is 221 Å². The van der Waals surface area contributed by atoms with E-state index in [2.05, 4.69) is 45.6 Å². The number of nitriles is 1. The van der Waals surface area contributed by atoms with Crippen molar-refractivity contribution in [2.45, 2.75) is 13.0 Å². The Kier molecular flexibility index (Phi) is 8.59. The lowest BCUT2D eigenvalue weighted by molar-refractivity contribution is -0.126. The third-order valence-corrected chi connectivity index (χ3v) is 6.64. The van der Waals surface area contributed by atoms with Crippen LogP contribution >= 0.6 is 15.9 Å². The molecule has 0 aromatic heterocycles. The molecule has 1 aliphatic heterocycles. The van der Waals surface area contributed by atoms with Crippen molar-refractivity contribution in [3.8, 4) is 11.8 Å². The number of hydrogen-bond acceptors (Lipinski definition) is 4. The highest BCUT2D eigenvalue weighted by atomic mass is 79.9. The Hall–Kier alpha value is -3.82. The smallest absolute Gasteiger partial charge is 0.264 e. The Morgan fingerprint density at radius 1 is 1.03 bits per heavy atom. The van der Waals surface area contributed by atoms with E-state index in [1.54, 1.807) is 11.0 Å². The van der Waals surface area contributed by atoms with E-state index >= 15 is 0 Å². The number of piperazine rings is 1. The molecule has 1 amide bonds. The average molecular weight is 542 g/mol. The van der Waals surface area contributed by atoms with Crippen molar-refractivity contribution < 1.29 is 9.53 Å². The van der Waals surface area contributed by atoms with Crippen LogP contribution in [0.15, 0.2) is 95.5 Å². The van der Waals surface area contributed by atoms with Gasteiger partial charge < -0.3 is 14.5 Å². The Morgan fingerprint density at radius 2 is 1.75 bits per heavy atom. The SMILES string of the molecule is C=CCc1cc(/C=C(/C#N)C(=O)N2CCN(c3ccccc3)CC2)ccc1OCc1ccc(Br)cc1. The van der Waals surface area contributed by atoms with Gasteiger partial charge in [-0.1, -0.05) is 58.4 Å². The number of ether oxygens (including phenoxy) is 1. The van der Waals surface area contributed by atoms with E-state index in [1.165, 1.54) is 0 Å². The van der Waals surface area contributed by atoms with E-state index in [1.807, 2.05) is 66.7 Å². The van der Waals surface area contributed by atoms with E-state index in [0.717, 1.165) is 45.7 Å². The molecule has 0 saturated carbocycles. The lowest BCUT2D eigenvalue weighted by Gasteiger charge is -2.36. The third-order valence-electron chi connectivity index (χ3n) is 6.11. The van der Waals surface area contributed by atoms with Crippen LogP contribution in [0.5, 0.6) is 5.75 Å². The number of para-hydroxylation sites is 1. The molecule has 1 heterocycles. The molecule has 1 aliphatic rings. The summed E-state index contributed by atoms with van der Waals surface area (Å²) in [6.45, 7) is 6.94. The van der Waals surface area contributed by atoms with Gasteiger partial charge in [0.1, 0.15) is 24.0 Å². The van der Waals surface area contributed by atoms with Gasteiger partial charge in [0.25, 0.3) is 5.91 Å². The maximum atomic E-state index is 13.1. The zero-order valence-corrected chi connectivity index (χ0v) is 21.7. The summed E-state index contributed by atoms with van der Waals surface area (Å²) in [5.74, 6) is 0.530. The van der Waals surface area contributed by atoms with Gasteiger partial charge in [-0.2, -0.15) is 5.26 Å². The van der Waals surface area contributed by atoms with Gasteiger partial charge >= 0.3 is 0 Å². The number of carbonyl (C=O) groups is 1. The van der Waals surface area contributed by atoms with Crippen LogP contribution in [-0.4, -0.2) is 37.0 Å². The van der Waals surface area contributed by atoms with Crippen LogP contribution in [0.4, 0.5) is 5.69 Å². The molecule has 4 rings (SSSR count). The van der Waals surface area contributed by atoms with Crippen molar-refractivity contribution >= 4 is 33.6 Å². The Balaban J connectivity index is 1.44. The molecule has 1 fully saturated rings. The van der Waals surface area contributed by atoms with Crippen LogP contribution < -0.4 is 9.64 Å². The fraction of sp³-hybridized carbons (Fsp3) is 0.200. The molecule has 0 aliphatic carbocycles. The molecule has 0 unspecified atom stereocenters. The molecule has 36 heavy (non-hydrogen) atoms. The first-order valence-corrected chi connectivity index (χ1v) is 12.7. The third kappa shape index (κ3) is 6.44. The van der Waals surface area contributed by atoms with E-state index in [9.17, 15) is 10.1 Å². The second-order valence-corrected chi connectivity index (χ2v) is 9.48. The van der Waals surface area contributed by atoms with Crippen molar-refractivity contribution in [1.29, 1.82) is 5.26 Å². The van der Waals surface area contributed by atoms with E-state index in [0.29, 0.717) is 26.1 Å². The van der Waals surface area contributed by atoms with Crippen molar-refractivity contribution in [1.82, 2.24) is 4.90 Å². The number of allylic oxidation sites excluding steroid dienone is 1. The molecule has 1 saturated heterocycles. The standard InChI is InChI=1S/C30H28BrN3O2/c1-2-6-25-19-24(11-14-29(25)36-22-23-9-12-27(31)13-10-23)20-26(21-32)30(35)34-17-15-33(16-18-34)28-7-4-3-5-8-28/h2-5,7-14,19-20H,1,6,15-18,22H2/b26-20-. The second kappa shape index (κ2) is 12.2. The van der Waals surface area contributed by atoms with Gasteiger partial charge in [0.15, 0.2) is 0 Å². The Morgan fingerprint density at radius 3 is 2.42 bits per heavy atom. The molecule has 182 valence electrons. The molecule has 3 aromatic rings. The maximum absolute atomic E-state index is 13.1. The first-order valence-electron chi connectivity index (χ1n) is 11.9. The zero-order valence-electron chi connectivity index (χ0n) is 20.1. The predicted octanol–water partition coefficient (Wildman–Crippen LogP) is 6.01. The highest BCUT2D eigenvalue weighted by molar-refractivity contribution is 9.10. The number of rotatable bonds is 8. The van der Waals surface area contributed by atoms with Crippen molar-refractivity contribution in [3.63, 3.8) is 0 Å². The van der Waals surface area contributed by atoms with Crippen molar-refractivity contribution in [3.05, 3.63) is 112 Å². The summed E-state index contributed by atoms with van der Waals surface area (Å²) in [5.41, 5.74) is 4.10. The molecule has 0 radical (unpaired) electrons. The number of benzene rings is 3. The summed E-state index contributed by atoms with van der Waals surface area (Å²) in [4.78, 5) is 17.1. The number of halogens is 1. The van der Waals surface area contributed by atoms with Crippen molar-refractivity contribution in [2.24, 2.45) is 0 Å². The number of nitrogens with zero attached hydrogens (tertiary/aromatic N) is 3. The van der Waals surface area contributed by atoms with E-state index < -0.39 is 0 Å². The van der Waals surface area contributed by atoms with Gasteiger partial charge in [0, 0.05) is 36.3 Å². The molecule has 0 spiro atoms. The summed E-state index contributed by atoms with van der Waals surface area (Å²) in [5, 5.41) is 9.76. The van der Waals surface area contributed by atoms with Crippen LogP contribution in [0.2, 0.25) is 0 Å². The average Bonchev–Trinajstić information content (AvgIpc) is 2.92. The number of hydrogen-bond donors (Lipinski definition) is 0. The second-order valence-electron chi connectivity index (χ2n) is 8.56. The largest absolute Gasteiger partial charge is 0.489 e. The normalized spacial score (nSPS) is 13.7. The minimum Gasteiger partial charge on any atom is -0.489 e. The number of amides is 1. The van der Waals surface area contributed by atoms with E-state index in [4.69, 9.17) is 4.74 Å². The molecular formula is C30H28BrN3O2. The van der Waals surface area contributed by atoms with E-state index in [-0.39, 0.29) is 11.5 Å². The molecule has 0 bridgehead atoms. The quantitative estimate of drug-likeness (QED) is 0.199. The monoisotopic (exact) mass is 541 g/mol. The topological polar surface area (TPSA) is 56.6 Å². The summed E-state index contributed by atoms with van der Waals surface area (Å²) in [7, 11) is 0. The summed E-state index contributed by atoms with van der Waals surface area (Å²) in [6.07, 6.45) is 4.10. The van der Waals surface area contributed by atoms with Gasteiger partial charge in [-0.3, -0.25) is 4.79 Å². The number of carbonyl (C=O) groups excluding carboxylic acids is 1. The van der Waals surface area contributed by atoms with Crippen LogP contribution in [0.3, 0.4) is 0 Å². The van der Waals surface area contributed by atoms with Gasteiger partial charge in [-0.25, -0.2) is 0 Å². The fourth-order valence-corrected chi connectivity index (χ4v) is 4.44. The van der Waals surface area contributed by atoms with Crippen LogP contribution in [0.25, 0.3) is 6.08 Å². The summed E-state index contributed by atoms with van der Waals surface area (Å²) in [6, 6.07) is 26.0. The van der Waals surface area contributed by atoms with Crippen LogP contribution in [0.1, 0.15) is 16.7 Å². The molecule has 6 heteroatoms. The number of anilines is 1. The molecule has 0 N–H and O–H groups in total. The summed E-state index contributed by atoms with van der Waals surface area (Å²) < 4.78 is 7.09. The highest BCUT2D eigenvalue weighted by Gasteiger charge is 2.24. The highest BCUT2D eigenvalue weighted by Crippen LogP contribution is 2.25. The van der Waals surface area contributed by atoms with Crippen LogP contribution in [0, 0.1) is 11.3 Å². The lowest BCUT2D eigenvalue weighted by Crippen LogP contribution is -2.49. The first-order chi connectivity index (χ1) is 17.6. The first kappa shape index (κ1) is 25.3. The van der Waals surface area contributed by atoms with Gasteiger partial charge in [0.2, 0.25) is 0 Å². The lowest BCUT2D eigenvalue weighted by atomic mass is 10.0. The molecule has 3 aromatic carbocycles. The zero-order chi connectivity index (χ0) is 25.3. The van der Waals surface area contributed by atoms with Gasteiger partial charge in [0.05, 0.1) is 0 Å². The molecule has 0 atom stereocenters. The van der Waals surface area contributed by atoms with Gasteiger partial charge in [-0.05, 0) is 65.6 Å². The molecule has 5 nitrogen and oxygen atoms in total. The Bertz CT molecular complexity index is 1270. The van der Waals surface area contributed by atoms with Crippen molar-refractivity contribution in [2.75, 3.05) is 31.1 Å². The maximum Gasteiger partial charge on any atom is 0.264 e. The van der Waals surface area contributed by atoms with Gasteiger partial charge in [-0.15, -0.1) is 6.58 Å². The fourth-order valence-electron chi connectivity index (χ4n) is 4.17. The molecular weight excluding hydrogens is 514 g/mol.